The molecule has 0 saturated heterocycles. The number of carbonyl (C=O) groups is 1. The van der Waals surface area contributed by atoms with Crippen molar-refractivity contribution in [2.75, 3.05) is 7.11 Å². The Morgan fingerprint density at radius 3 is 2.68 bits per heavy atom. The van der Waals surface area contributed by atoms with E-state index in [9.17, 15) is 18.7 Å². The zero-order chi connectivity index (χ0) is 20.1. The van der Waals surface area contributed by atoms with Crippen LogP contribution in [0.4, 0.5) is 8.78 Å². The van der Waals surface area contributed by atoms with Gasteiger partial charge in [0.15, 0.2) is 11.5 Å². The minimum Gasteiger partial charge on any atom is -0.550 e. The molecule has 0 atom stereocenters. The van der Waals surface area contributed by atoms with E-state index in [1.165, 1.54) is 30.6 Å². The van der Waals surface area contributed by atoms with Crippen molar-refractivity contribution in [3.63, 3.8) is 0 Å². The fourth-order valence-corrected chi connectivity index (χ4v) is 3.67. The first kappa shape index (κ1) is 19.8. The van der Waals surface area contributed by atoms with Gasteiger partial charge < -0.3 is 19.4 Å². The van der Waals surface area contributed by atoms with Crippen LogP contribution in [0.5, 0.6) is 11.5 Å². The lowest BCUT2D eigenvalue weighted by atomic mass is 10.1. The molecule has 0 bridgehead atoms. The average Bonchev–Trinajstić information content (AvgIpc) is 3.08. The van der Waals surface area contributed by atoms with Crippen LogP contribution in [0.3, 0.4) is 0 Å². The first-order chi connectivity index (χ1) is 13.5. The number of rotatable bonds is 8. The lowest BCUT2D eigenvalue weighted by Crippen LogP contribution is -2.21. The van der Waals surface area contributed by atoms with Crippen molar-refractivity contribution >= 4 is 39.2 Å². The van der Waals surface area contributed by atoms with Crippen LogP contribution in [-0.4, -0.2) is 24.7 Å². The van der Waals surface area contributed by atoms with Gasteiger partial charge in [0.25, 0.3) is 0 Å². The van der Waals surface area contributed by atoms with Crippen molar-refractivity contribution in [2.45, 2.75) is 19.5 Å². The van der Waals surface area contributed by atoms with Crippen LogP contribution < -0.4 is 14.6 Å². The lowest BCUT2D eigenvalue weighted by molar-refractivity contribution is -0.305. The van der Waals surface area contributed by atoms with E-state index in [0.717, 1.165) is 10.2 Å². The Kier molecular flexibility index (Phi) is 6.20. The van der Waals surface area contributed by atoms with E-state index in [2.05, 4.69) is 9.72 Å². The first-order valence-electron chi connectivity index (χ1n) is 8.35. The summed E-state index contributed by atoms with van der Waals surface area (Å²) in [6.45, 7) is -2.99. The highest BCUT2D eigenvalue weighted by molar-refractivity contribution is 7.19. The average molecular weight is 404 g/mol. The number of para-hydroxylation sites is 1. The van der Waals surface area contributed by atoms with Crippen molar-refractivity contribution in [1.82, 2.24) is 4.98 Å². The van der Waals surface area contributed by atoms with Gasteiger partial charge in [0, 0.05) is 5.97 Å². The SMILES string of the molecule is COc1ccc(/C=C(\CCC(=O)[O-])c2nc3ccccc3s2)cc1OC(F)F. The van der Waals surface area contributed by atoms with Crippen LogP contribution >= 0.6 is 11.3 Å². The minimum absolute atomic E-state index is 0.102. The Bertz CT molecular complexity index is 983. The normalized spacial score (nSPS) is 11.8. The monoisotopic (exact) mass is 404 g/mol. The maximum atomic E-state index is 12.7. The number of ether oxygens (including phenoxy) is 2. The third-order valence-corrected chi connectivity index (χ3v) is 5.02. The molecule has 3 rings (SSSR count). The van der Waals surface area contributed by atoms with E-state index in [1.54, 1.807) is 12.1 Å². The number of halogens is 2. The number of allylic oxidation sites excluding steroid dienone is 1. The second kappa shape index (κ2) is 8.79. The third-order valence-electron chi connectivity index (χ3n) is 3.91. The summed E-state index contributed by atoms with van der Waals surface area (Å²) in [5, 5.41) is 11.6. The molecule has 0 saturated carbocycles. The number of hydrogen-bond acceptors (Lipinski definition) is 6. The molecular formula is C20H16F2NO4S-. The van der Waals surface area contributed by atoms with Gasteiger partial charge in [-0.3, -0.25) is 0 Å². The number of aliphatic carboxylic acids is 1. The maximum Gasteiger partial charge on any atom is 0.387 e. The molecule has 1 aromatic heterocycles. The zero-order valence-electron chi connectivity index (χ0n) is 14.9. The third kappa shape index (κ3) is 4.83. The Morgan fingerprint density at radius 2 is 2.00 bits per heavy atom. The van der Waals surface area contributed by atoms with Crippen molar-refractivity contribution < 1.29 is 28.2 Å². The number of thiazole rings is 1. The quantitative estimate of drug-likeness (QED) is 0.568. The van der Waals surface area contributed by atoms with Gasteiger partial charge in [-0.15, -0.1) is 11.3 Å². The van der Waals surface area contributed by atoms with E-state index >= 15 is 0 Å². The first-order valence-corrected chi connectivity index (χ1v) is 9.17. The number of carbonyl (C=O) groups excluding carboxylic acids is 1. The Morgan fingerprint density at radius 1 is 1.21 bits per heavy atom. The molecule has 146 valence electrons. The van der Waals surface area contributed by atoms with E-state index in [-0.39, 0.29) is 24.3 Å². The lowest BCUT2D eigenvalue weighted by Gasteiger charge is -2.11. The summed E-state index contributed by atoms with van der Waals surface area (Å²) in [7, 11) is 1.36. The number of nitrogens with zero attached hydrogens (tertiary/aromatic N) is 1. The number of benzene rings is 2. The van der Waals surface area contributed by atoms with Gasteiger partial charge in [0.2, 0.25) is 0 Å². The Balaban J connectivity index is 2.01. The summed E-state index contributed by atoms with van der Waals surface area (Å²) in [5.41, 5.74) is 2.03. The molecule has 0 fully saturated rings. The van der Waals surface area contributed by atoms with Crippen LogP contribution in [0.25, 0.3) is 21.9 Å². The highest BCUT2D eigenvalue weighted by Gasteiger charge is 2.13. The summed E-state index contributed by atoms with van der Waals surface area (Å²) in [5.74, 6) is -1.10. The molecule has 0 aliphatic heterocycles. The number of alkyl halides is 2. The zero-order valence-corrected chi connectivity index (χ0v) is 15.7. The van der Waals surface area contributed by atoms with Crippen LogP contribution in [0.2, 0.25) is 0 Å². The number of methoxy groups -OCH3 is 1. The van der Waals surface area contributed by atoms with Crippen LogP contribution in [0.1, 0.15) is 23.4 Å². The topological polar surface area (TPSA) is 71.5 Å². The summed E-state index contributed by atoms with van der Waals surface area (Å²) >= 11 is 1.43. The summed E-state index contributed by atoms with van der Waals surface area (Å²) in [6, 6.07) is 12.2. The van der Waals surface area contributed by atoms with Crippen LogP contribution in [-0.2, 0) is 4.79 Å². The fraction of sp³-hybridized carbons (Fsp3) is 0.200. The molecule has 0 spiro atoms. The highest BCUT2D eigenvalue weighted by atomic mass is 32.1. The van der Waals surface area contributed by atoms with E-state index in [1.807, 2.05) is 24.3 Å². The molecule has 2 aromatic carbocycles. The number of carboxylic acid groups (broad SMARTS) is 1. The fourth-order valence-electron chi connectivity index (χ4n) is 2.66. The van der Waals surface area contributed by atoms with E-state index in [4.69, 9.17) is 4.74 Å². The predicted molar refractivity (Wildman–Crippen MR) is 101 cm³/mol. The minimum atomic E-state index is -2.99. The number of hydrogen-bond donors (Lipinski definition) is 0. The molecule has 0 unspecified atom stereocenters. The van der Waals surface area contributed by atoms with Crippen LogP contribution in [0.15, 0.2) is 42.5 Å². The maximum absolute atomic E-state index is 12.7. The molecular weight excluding hydrogens is 388 g/mol. The molecule has 0 aliphatic rings. The predicted octanol–water partition coefficient (Wildman–Crippen LogP) is 3.98. The summed E-state index contributed by atoms with van der Waals surface area (Å²) in [4.78, 5) is 15.5. The Labute approximate surface area is 163 Å². The highest BCUT2D eigenvalue weighted by Crippen LogP contribution is 2.34. The molecule has 5 nitrogen and oxygen atoms in total. The van der Waals surface area contributed by atoms with Gasteiger partial charge >= 0.3 is 6.61 Å². The molecule has 8 heteroatoms. The van der Waals surface area contributed by atoms with Gasteiger partial charge in [0.05, 0.1) is 17.3 Å². The van der Waals surface area contributed by atoms with Gasteiger partial charge in [-0.2, -0.15) is 8.78 Å². The van der Waals surface area contributed by atoms with Gasteiger partial charge in [0.1, 0.15) is 5.01 Å². The summed E-state index contributed by atoms with van der Waals surface area (Å²) < 4.78 is 35.8. The van der Waals surface area contributed by atoms with E-state index in [0.29, 0.717) is 16.1 Å². The van der Waals surface area contributed by atoms with Gasteiger partial charge in [-0.1, -0.05) is 18.2 Å². The second-order valence-corrected chi connectivity index (χ2v) is 6.85. The molecule has 3 aromatic rings. The standard InChI is InChI=1S/C20H17F2NO4S/c1-26-15-8-6-12(11-16(15)27-20(21)22)10-13(7-9-18(24)25)19-23-14-4-2-3-5-17(14)28-19/h2-6,8,10-11,20H,7,9H2,1H3,(H,24,25)/p-1/b13-10+. The number of aromatic nitrogens is 1. The van der Waals surface area contributed by atoms with Gasteiger partial charge in [-0.05, 0) is 54.3 Å². The number of fused-ring (bicyclic) bond motifs is 1. The van der Waals surface area contributed by atoms with Gasteiger partial charge in [-0.25, -0.2) is 4.98 Å². The Hall–Kier alpha value is -3.00. The van der Waals surface area contributed by atoms with Crippen molar-refractivity contribution in [1.29, 1.82) is 0 Å². The molecule has 0 aliphatic carbocycles. The molecule has 0 radical (unpaired) electrons. The van der Waals surface area contributed by atoms with Crippen LogP contribution in [0, 0.1) is 0 Å². The molecule has 1 heterocycles. The van der Waals surface area contributed by atoms with Crippen molar-refractivity contribution in [2.24, 2.45) is 0 Å². The van der Waals surface area contributed by atoms with E-state index < -0.39 is 12.6 Å². The smallest absolute Gasteiger partial charge is 0.387 e. The molecule has 0 N–H and O–H groups in total. The summed E-state index contributed by atoms with van der Waals surface area (Å²) in [6.07, 6.45) is 1.72. The largest absolute Gasteiger partial charge is 0.550 e. The van der Waals surface area contributed by atoms with Crippen molar-refractivity contribution in [3.8, 4) is 11.5 Å². The molecule has 0 amide bonds. The van der Waals surface area contributed by atoms with Crippen molar-refractivity contribution in [3.05, 3.63) is 53.0 Å². The second-order valence-electron chi connectivity index (χ2n) is 5.82. The molecule has 28 heavy (non-hydrogen) atoms. The number of carboxylic acids is 1.